The molecule has 0 saturated carbocycles. The number of hydrogen-bond acceptors (Lipinski definition) is 4. The first-order valence-corrected chi connectivity index (χ1v) is 7.23. The van der Waals surface area contributed by atoms with Gasteiger partial charge < -0.3 is 10.00 Å². The fraction of sp³-hybridized carbons (Fsp3) is 0.214. The zero-order chi connectivity index (χ0) is 14.5. The van der Waals surface area contributed by atoms with Crippen LogP contribution in [-0.2, 0) is 14.6 Å². The second-order valence-corrected chi connectivity index (χ2v) is 5.79. The molecule has 0 radical (unpaired) electrons. The van der Waals surface area contributed by atoms with E-state index >= 15 is 0 Å². The van der Waals surface area contributed by atoms with Crippen molar-refractivity contribution in [3.63, 3.8) is 0 Å². The Hall–Kier alpha value is -1.97. The average molecular weight is 290 g/mol. The summed E-state index contributed by atoms with van der Waals surface area (Å²) >= 11 is 0. The summed E-state index contributed by atoms with van der Waals surface area (Å²) in [5.41, 5.74) is 0.684. The number of rotatable bonds is 2. The minimum absolute atomic E-state index is 0.00290. The fourth-order valence-corrected chi connectivity index (χ4v) is 2.98. The highest BCUT2D eigenvalue weighted by Crippen LogP contribution is 2.38. The van der Waals surface area contributed by atoms with Crippen LogP contribution in [0.1, 0.15) is 19.5 Å². The standard InChI is InChI=1S/C14H12NO4P/c1-14(2)13(16)12(19-20(17)18)11-8-7-9-5-3-4-6-10(9)15(11)14/h3-8H,1-2H3/p+1. The summed E-state index contributed by atoms with van der Waals surface area (Å²) in [5.74, 6) is -0.0927. The van der Waals surface area contributed by atoms with Gasteiger partial charge in [0.15, 0.2) is 0 Å². The lowest BCUT2D eigenvalue weighted by atomic mass is 10.0. The Balaban J connectivity index is 2.34. The first kappa shape index (κ1) is 13.0. The number of hydrogen-bond donors (Lipinski definition) is 1. The number of aliphatic hydroxyl groups excluding tert-OH is 1. The molecule has 0 bridgehead atoms. The monoisotopic (exact) mass is 290 g/mol. The zero-order valence-corrected chi connectivity index (χ0v) is 11.9. The molecule has 2 aromatic rings. The van der Waals surface area contributed by atoms with Crippen molar-refractivity contribution in [1.82, 2.24) is 0 Å². The first-order valence-electron chi connectivity index (χ1n) is 6.13. The molecular formula is C14H13NO4P+. The molecule has 0 fully saturated rings. The van der Waals surface area contributed by atoms with Crippen molar-refractivity contribution in [1.29, 1.82) is 0 Å². The molecule has 1 atom stereocenters. The summed E-state index contributed by atoms with van der Waals surface area (Å²) in [6.45, 7) is 3.62. The maximum atomic E-state index is 10.8. The van der Waals surface area contributed by atoms with E-state index in [1.165, 1.54) is 0 Å². The Morgan fingerprint density at radius 3 is 2.65 bits per heavy atom. The summed E-state index contributed by atoms with van der Waals surface area (Å²) in [6, 6.07) is 11.3. The van der Waals surface area contributed by atoms with Crippen molar-refractivity contribution in [2.24, 2.45) is 0 Å². The Kier molecular flexibility index (Phi) is 2.78. The molecule has 0 saturated heterocycles. The van der Waals surface area contributed by atoms with Crippen LogP contribution >= 0.6 is 8.25 Å². The quantitative estimate of drug-likeness (QED) is 0.679. The molecule has 2 heterocycles. The van der Waals surface area contributed by atoms with Gasteiger partial charge in [-0.1, -0.05) is 12.1 Å². The predicted octanol–water partition coefficient (Wildman–Crippen LogP) is 2.14. The lowest BCUT2D eigenvalue weighted by Gasteiger charge is -2.14. The van der Waals surface area contributed by atoms with Gasteiger partial charge in [0.05, 0.1) is 0 Å². The normalized spacial score (nSPS) is 17.2. The van der Waals surface area contributed by atoms with Crippen LogP contribution in [0, 0.1) is 0 Å². The predicted molar refractivity (Wildman–Crippen MR) is 71.7 cm³/mol. The lowest BCUT2D eigenvalue weighted by molar-refractivity contribution is -0.724. The molecule has 1 aliphatic rings. The first-order chi connectivity index (χ1) is 9.43. The molecule has 1 aromatic carbocycles. The molecule has 3 rings (SSSR count). The van der Waals surface area contributed by atoms with Crippen LogP contribution in [0.3, 0.4) is 0 Å². The topological polar surface area (TPSA) is 73.5 Å². The lowest BCUT2D eigenvalue weighted by Crippen LogP contribution is -2.52. The molecule has 102 valence electrons. The van der Waals surface area contributed by atoms with Gasteiger partial charge in [0, 0.05) is 31.4 Å². The highest BCUT2D eigenvalue weighted by atomic mass is 31.1. The number of fused-ring (bicyclic) bond motifs is 3. The van der Waals surface area contributed by atoms with Crippen LogP contribution in [0.25, 0.3) is 16.7 Å². The van der Waals surface area contributed by atoms with Crippen molar-refractivity contribution in [2.75, 3.05) is 0 Å². The number of benzene rings is 1. The maximum absolute atomic E-state index is 10.8. The van der Waals surface area contributed by atoms with Gasteiger partial charge in [0.1, 0.15) is 0 Å². The summed E-state index contributed by atoms with van der Waals surface area (Å²) in [5, 5.41) is 11.3. The van der Waals surface area contributed by atoms with E-state index in [0.29, 0.717) is 5.69 Å². The Morgan fingerprint density at radius 2 is 1.95 bits per heavy atom. The molecule has 6 heteroatoms. The van der Waals surface area contributed by atoms with Crippen molar-refractivity contribution < 1.29 is 23.7 Å². The molecule has 1 aliphatic heterocycles. The maximum Gasteiger partial charge on any atom is 0.539 e. The van der Waals surface area contributed by atoms with Gasteiger partial charge in [-0.05, 0) is 16.7 Å². The summed E-state index contributed by atoms with van der Waals surface area (Å²) in [6.07, 6.45) is 0. The van der Waals surface area contributed by atoms with E-state index < -0.39 is 13.8 Å². The number of pyridine rings is 1. The number of allylic oxidation sites excluding steroid dienone is 1. The molecular weight excluding hydrogens is 277 g/mol. The summed E-state index contributed by atoms with van der Waals surface area (Å²) < 4.78 is 17.5. The van der Waals surface area contributed by atoms with Crippen LogP contribution < -0.4 is 9.46 Å². The van der Waals surface area contributed by atoms with Crippen molar-refractivity contribution in [2.45, 2.75) is 19.4 Å². The van der Waals surface area contributed by atoms with Gasteiger partial charge in [0.2, 0.25) is 16.8 Å². The van der Waals surface area contributed by atoms with E-state index in [2.05, 4.69) is 0 Å². The van der Waals surface area contributed by atoms with Crippen molar-refractivity contribution >= 4 is 24.9 Å². The third-order valence-corrected chi connectivity index (χ3v) is 3.92. The van der Waals surface area contributed by atoms with Crippen molar-refractivity contribution in [3.05, 3.63) is 47.9 Å². The Morgan fingerprint density at radius 1 is 1.25 bits per heavy atom. The van der Waals surface area contributed by atoms with Gasteiger partial charge in [-0.25, -0.2) is 4.52 Å². The smallest absolute Gasteiger partial charge is 0.539 e. The summed E-state index contributed by atoms with van der Waals surface area (Å²) in [4.78, 5) is 10.8. The van der Waals surface area contributed by atoms with E-state index in [1.807, 2.05) is 48.7 Å². The van der Waals surface area contributed by atoms with Gasteiger partial charge in [-0.2, -0.15) is 4.57 Å². The molecule has 1 unspecified atom stereocenters. The fourth-order valence-electron chi connectivity index (χ4n) is 2.65. The Labute approximate surface area is 116 Å². The minimum Gasteiger partial charge on any atom is -0.558 e. The number of aliphatic hydroxyl groups is 1. The molecule has 20 heavy (non-hydrogen) atoms. The van der Waals surface area contributed by atoms with E-state index in [9.17, 15) is 14.6 Å². The third kappa shape index (κ3) is 1.71. The van der Waals surface area contributed by atoms with Gasteiger partial charge in [-0.15, -0.1) is 0 Å². The SMILES string of the molecule is CC1(C)C(O)=C(O[P+](=O)[O-])c2ccc3ccccc3[n+]21. The molecule has 0 aliphatic carbocycles. The third-order valence-electron chi connectivity index (χ3n) is 3.59. The van der Waals surface area contributed by atoms with Crippen LogP contribution in [0.4, 0.5) is 0 Å². The second-order valence-electron chi connectivity index (χ2n) is 5.16. The largest absolute Gasteiger partial charge is 0.558 e. The molecule has 0 amide bonds. The number of aromatic nitrogens is 1. The summed E-state index contributed by atoms with van der Waals surface area (Å²) in [7, 11) is -3.08. The van der Waals surface area contributed by atoms with Gasteiger partial charge >= 0.3 is 14.0 Å². The highest BCUT2D eigenvalue weighted by molar-refractivity contribution is 7.30. The van der Waals surface area contributed by atoms with E-state index in [-0.39, 0.29) is 11.5 Å². The Bertz CT molecular complexity index is 767. The molecule has 1 N–H and O–H groups in total. The van der Waals surface area contributed by atoms with E-state index in [0.717, 1.165) is 10.9 Å². The van der Waals surface area contributed by atoms with E-state index in [1.54, 1.807) is 6.07 Å². The van der Waals surface area contributed by atoms with Crippen LogP contribution in [0.15, 0.2) is 42.2 Å². The van der Waals surface area contributed by atoms with Gasteiger partial charge in [0.25, 0.3) is 5.69 Å². The van der Waals surface area contributed by atoms with Crippen molar-refractivity contribution in [3.8, 4) is 0 Å². The number of para-hydroxylation sites is 1. The average Bonchev–Trinajstić information content (AvgIpc) is 2.60. The number of nitrogens with zero attached hydrogens (tertiary/aromatic N) is 1. The van der Waals surface area contributed by atoms with E-state index in [4.69, 9.17) is 4.52 Å². The van der Waals surface area contributed by atoms with Crippen LogP contribution in [-0.4, -0.2) is 5.11 Å². The molecule has 0 spiro atoms. The minimum atomic E-state index is -3.08. The second kappa shape index (κ2) is 4.27. The molecule has 1 aromatic heterocycles. The van der Waals surface area contributed by atoms with Gasteiger partial charge in [-0.3, -0.25) is 0 Å². The molecule has 5 nitrogen and oxygen atoms in total. The highest BCUT2D eigenvalue weighted by Gasteiger charge is 2.50. The zero-order valence-electron chi connectivity index (χ0n) is 11.0. The van der Waals surface area contributed by atoms with Crippen LogP contribution in [0.2, 0.25) is 0 Å². The van der Waals surface area contributed by atoms with Crippen LogP contribution in [0.5, 0.6) is 0 Å².